The Labute approximate surface area is 86.8 Å². The molecule has 0 aromatic carbocycles. The van der Waals surface area contributed by atoms with Gasteiger partial charge in [0.15, 0.2) is 0 Å². The second-order valence-electron chi connectivity index (χ2n) is 2.16. The summed E-state index contributed by atoms with van der Waals surface area (Å²) in [6.45, 7) is 4.00. The normalized spacial score (nSPS) is 9.07. The van der Waals surface area contributed by atoms with Crippen LogP contribution in [0.15, 0.2) is 12.4 Å². The molecule has 2 aromatic heterocycles. The molecule has 6 heteroatoms. The van der Waals surface area contributed by atoms with Crippen molar-refractivity contribution < 1.29 is 0 Å². The Kier molecular flexibility index (Phi) is 4.06. The molecule has 2 heterocycles. The highest BCUT2D eigenvalue weighted by Crippen LogP contribution is 2.20. The monoisotopic (exact) mass is 211 g/mol. The van der Waals surface area contributed by atoms with Gasteiger partial charge in [-0.2, -0.15) is 14.5 Å². The maximum absolute atomic E-state index is 4.21. The first-order valence-corrected chi connectivity index (χ1v) is 5.18. The Balaban J connectivity index is 0.000000461. The molecule has 0 saturated carbocycles. The van der Waals surface area contributed by atoms with Crippen LogP contribution in [0.4, 0.5) is 5.95 Å². The molecule has 14 heavy (non-hydrogen) atoms. The van der Waals surface area contributed by atoms with Gasteiger partial charge in [-0.05, 0) is 11.5 Å². The predicted octanol–water partition coefficient (Wildman–Crippen LogP) is 2.00. The van der Waals surface area contributed by atoms with E-state index >= 15 is 0 Å². The number of aromatic amines is 1. The van der Waals surface area contributed by atoms with Crippen LogP contribution in [0.25, 0.3) is 10.6 Å². The van der Waals surface area contributed by atoms with E-state index in [1.165, 1.54) is 11.5 Å². The van der Waals surface area contributed by atoms with Crippen molar-refractivity contribution in [3.05, 3.63) is 12.4 Å². The molecule has 0 radical (unpaired) electrons. The maximum atomic E-state index is 4.21. The summed E-state index contributed by atoms with van der Waals surface area (Å²) in [5.41, 5.74) is 0.967. The lowest BCUT2D eigenvalue weighted by molar-refractivity contribution is 1.09. The van der Waals surface area contributed by atoms with Gasteiger partial charge in [-0.1, -0.05) is 13.8 Å². The number of aromatic nitrogens is 4. The van der Waals surface area contributed by atoms with E-state index in [0.717, 1.165) is 10.6 Å². The van der Waals surface area contributed by atoms with Crippen molar-refractivity contribution in [1.82, 2.24) is 19.6 Å². The van der Waals surface area contributed by atoms with Crippen molar-refractivity contribution in [1.29, 1.82) is 0 Å². The largest absolute Gasteiger partial charge is 0.357 e. The highest BCUT2D eigenvalue weighted by Gasteiger charge is 2.04. The molecule has 0 aliphatic heterocycles. The number of nitrogens with zero attached hydrogens (tertiary/aromatic N) is 3. The van der Waals surface area contributed by atoms with Crippen LogP contribution in [0, 0.1) is 0 Å². The van der Waals surface area contributed by atoms with E-state index in [4.69, 9.17) is 0 Å². The zero-order valence-corrected chi connectivity index (χ0v) is 9.22. The predicted molar refractivity (Wildman–Crippen MR) is 58.4 cm³/mol. The fourth-order valence-corrected chi connectivity index (χ4v) is 1.46. The Morgan fingerprint density at radius 1 is 1.43 bits per heavy atom. The lowest BCUT2D eigenvalue weighted by atomic mass is 10.4. The second kappa shape index (κ2) is 5.33. The number of nitrogens with one attached hydrogen (secondary N) is 2. The van der Waals surface area contributed by atoms with Gasteiger partial charge in [0.2, 0.25) is 5.95 Å². The van der Waals surface area contributed by atoms with Gasteiger partial charge in [0, 0.05) is 18.8 Å². The van der Waals surface area contributed by atoms with Gasteiger partial charge in [0.25, 0.3) is 0 Å². The zero-order chi connectivity index (χ0) is 10.4. The topological polar surface area (TPSA) is 66.5 Å². The number of anilines is 1. The fourth-order valence-electron chi connectivity index (χ4n) is 0.810. The molecule has 0 bridgehead atoms. The first kappa shape index (κ1) is 10.6. The molecule has 0 saturated heterocycles. The van der Waals surface area contributed by atoms with Crippen LogP contribution in [0.2, 0.25) is 0 Å². The molecule has 2 N–H and O–H groups in total. The number of hydrogen-bond acceptors (Lipinski definition) is 5. The van der Waals surface area contributed by atoms with Crippen LogP contribution >= 0.6 is 11.5 Å². The van der Waals surface area contributed by atoms with Crippen LogP contribution in [0.5, 0.6) is 0 Å². The first-order valence-electron chi connectivity index (χ1n) is 4.41. The van der Waals surface area contributed by atoms with E-state index in [9.17, 15) is 0 Å². The van der Waals surface area contributed by atoms with Crippen molar-refractivity contribution >= 4 is 17.5 Å². The third kappa shape index (κ3) is 2.29. The zero-order valence-electron chi connectivity index (χ0n) is 8.40. The molecule has 76 valence electrons. The van der Waals surface area contributed by atoms with Crippen LogP contribution in [0.1, 0.15) is 13.8 Å². The van der Waals surface area contributed by atoms with E-state index in [1.807, 2.05) is 13.8 Å². The highest BCUT2D eigenvalue weighted by molar-refractivity contribution is 7.09. The van der Waals surface area contributed by atoms with E-state index in [-0.39, 0.29) is 0 Å². The summed E-state index contributed by atoms with van der Waals surface area (Å²) in [4.78, 5) is 4.21. The molecule has 0 spiro atoms. The average molecular weight is 211 g/mol. The van der Waals surface area contributed by atoms with E-state index in [2.05, 4.69) is 24.9 Å². The standard InChI is InChI=1S/C6H7N5S.C2H6/c1-7-6-10-5(12-11-6)4-2-8-9-3-4;1-2/h2-3H,1H3,(H,7,11)(H,8,9);1-2H3. The summed E-state index contributed by atoms with van der Waals surface area (Å²) in [6.07, 6.45) is 3.51. The van der Waals surface area contributed by atoms with Crippen LogP contribution in [0.3, 0.4) is 0 Å². The summed E-state index contributed by atoms with van der Waals surface area (Å²) in [5, 5.41) is 10.3. The van der Waals surface area contributed by atoms with Gasteiger partial charge in [-0.3, -0.25) is 5.10 Å². The Bertz CT molecular complexity index is 353. The molecule has 0 amide bonds. The Hall–Kier alpha value is -1.43. The Morgan fingerprint density at radius 2 is 2.21 bits per heavy atom. The summed E-state index contributed by atoms with van der Waals surface area (Å²) >= 11 is 1.35. The van der Waals surface area contributed by atoms with Crippen molar-refractivity contribution in [2.24, 2.45) is 0 Å². The van der Waals surface area contributed by atoms with Crippen molar-refractivity contribution in [2.75, 3.05) is 12.4 Å². The molecule has 0 aliphatic rings. The van der Waals surface area contributed by atoms with Crippen LogP contribution in [-0.4, -0.2) is 26.6 Å². The third-order valence-corrected chi connectivity index (χ3v) is 2.16. The van der Waals surface area contributed by atoms with Gasteiger partial charge in [0.1, 0.15) is 5.01 Å². The maximum Gasteiger partial charge on any atom is 0.234 e. The number of rotatable bonds is 2. The van der Waals surface area contributed by atoms with Crippen molar-refractivity contribution in [2.45, 2.75) is 13.8 Å². The summed E-state index contributed by atoms with van der Waals surface area (Å²) in [5.74, 6) is 0.649. The molecule has 2 aromatic rings. The van der Waals surface area contributed by atoms with E-state index in [1.54, 1.807) is 19.4 Å². The van der Waals surface area contributed by atoms with Gasteiger partial charge >= 0.3 is 0 Å². The molecular weight excluding hydrogens is 198 g/mol. The Morgan fingerprint density at radius 3 is 2.71 bits per heavy atom. The SMILES string of the molecule is CC.CNc1nsc(-c2cn[nH]c2)n1. The molecule has 5 nitrogen and oxygen atoms in total. The van der Waals surface area contributed by atoms with Gasteiger partial charge in [-0.15, -0.1) is 0 Å². The molecule has 0 unspecified atom stereocenters. The second-order valence-corrected chi connectivity index (χ2v) is 2.91. The number of hydrogen-bond donors (Lipinski definition) is 2. The smallest absolute Gasteiger partial charge is 0.234 e. The molecule has 2 rings (SSSR count). The fraction of sp³-hybridized carbons (Fsp3) is 0.375. The minimum Gasteiger partial charge on any atom is -0.357 e. The van der Waals surface area contributed by atoms with Crippen LogP contribution in [-0.2, 0) is 0 Å². The quantitative estimate of drug-likeness (QED) is 0.797. The lowest BCUT2D eigenvalue weighted by Gasteiger charge is -1.85. The lowest BCUT2D eigenvalue weighted by Crippen LogP contribution is -1.88. The van der Waals surface area contributed by atoms with Crippen molar-refractivity contribution in [3.8, 4) is 10.6 Å². The molecular formula is C8H13N5S. The molecule has 0 aliphatic carbocycles. The minimum absolute atomic E-state index is 0.649. The van der Waals surface area contributed by atoms with E-state index < -0.39 is 0 Å². The van der Waals surface area contributed by atoms with Gasteiger partial charge in [0.05, 0.1) is 6.20 Å². The van der Waals surface area contributed by atoms with Crippen molar-refractivity contribution in [3.63, 3.8) is 0 Å². The highest BCUT2D eigenvalue weighted by atomic mass is 32.1. The van der Waals surface area contributed by atoms with Gasteiger partial charge in [-0.25, -0.2) is 0 Å². The van der Waals surface area contributed by atoms with E-state index in [0.29, 0.717) is 5.95 Å². The minimum atomic E-state index is 0.649. The molecule has 0 atom stereocenters. The van der Waals surface area contributed by atoms with Crippen LogP contribution < -0.4 is 5.32 Å². The number of H-pyrrole nitrogens is 1. The molecule has 0 fully saturated rings. The first-order chi connectivity index (χ1) is 6.90. The van der Waals surface area contributed by atoms with Gasteiger partial charge < -0.3 is 5.32 Å². The summed E-state index contributed by atoms with van der Waals surface area (Å²) in [7, 11) is 1.79. The summed E-state index contributed by atoms with van der Waals surface area (Å²) in [6, 6.07) is 0. The third-order valence-electron chi connectivity index (χ3n) is 1.39. The average Bonchev–Trinajstić information content (AvgIpc) is 2.91. The summed E-state index contributed by atoms with van der Waals surface area (Å²) < 4.78 is 4.07.